The Morgan fingerprint density at radius 3 is 2.65 bits per heavy atom. The van der Waals surface area contributed by atoms with Crippen LogP contribution in [0.1, 0.15) is 0 Å². The topological polar surface area (TPSA) is 78.0 Å². The second-order valence-corrected chi connectivity index (χ2v) is 3.61. The van der Waals surface area contributed by atoms with E-state index in [0.29, 0.717) is 17.4 Å². The van der Waals surface area contributed by atoms with E-state index >= 15 is 0 Å². The maximum Gasteiger partial charge on any atom is 0.224 e. The second kappa shape index (κ2) is 4.32. The van der Waals surface area contributed by atoms with Gasteiger partial charge in [-0.1, -0.05) is 0 Å². The van der Waals surface area contributed by atoms with Crippen LogP contribution in [0.4, 0.5) is 11.6 Å². The van der Waals surface area contributed by atoms with Crippen molar-refractivity contribution in [1.29, 1.82) is 0 Å². The molecule has 0 radical (unpaired) electrons. The number of hydrogen-bond acceptors (Lipinski definition) is 5. The summed E-state index contributed by atoms with van der Waals surface area (Å²) in [5.74, 6) is 2.11. The first-order chi connectivity index (χ1) is 8.17. The Hall–Kier alpha value is -2.24. The molecule has 0 spiro atoms. The molecule has 6 heteroatoms. The molecule has 2 rings (SSSR count). The van der Waals surface area contributed by atoms with Crippen LogP contribution in [0.2, 0.25) is 0 Å². The SMILES string of the molecule is CNc1nnc(-c2ccc(OC)c(N)c2)n1C. The molecular weight excluding hydrogens is 218 g/mol. The molecule has 17 heavy (non-hydrogen) atoms. The lowest BCUT2D eigenvalue weighted by atomic mass is 10.2. The Balaban J connectivity index is 2.46. The molecular formula is C11H15N5O. The van der Waals surface area contributed by atoms with Gasteiger partial charge >= 0.3 is 0 Å². The zero-order valence-electron chi connectivity index (χ0n) is 10.1. The zero-order chi connectivity index (χ0) is 12.4. The van der Waals surface area contributed by atoms with Crippen LogP contribution in [-0.4, -0.2) is 28.9 Å². The third kappa shape index (κ3) is 1.89. The molecule has 0 atom stereocenters. The van der Waals surface area contributed by atoms with Gasteiger partial charge in [-0.3, -0.25) is 4.57 Å². The number of ether oxygens (including phenoxy) is 1. The van der Waals surface area contributed by atoms with Gasteiger partial charge < -0.3 is 15.8 Å². The number of nitrogen functional groups attached to an aromatic ring is 1. The van der Waals surface area contributed by atoms with Gasteiger partial charge in [-0.15, -0.1) is 10.2 Å². The molecule has 90 valence electrons. The van der Waals surface area contributed by atoms with Gasteiger partial charge in [0.2, 0.25) is 5.95 Å². The fourth-order valence-corrected chi connectivity index (χ4v) is 1.67. The molecule has 3 N–H and O–H groups in total. The lowest BCUT2D eigenvalue weighted by molar-refractivity contribution is 0.417. The molecule has 1 heterocycles. The smallest absolute Gasteiger partial charge is 0.224 e. The Morgan fingerprint density at radius 1 is 1.35 bits per heavy atom. The first-order valence-corrected chi connectivity index (χ1v) is 5.18. The summed E-state index contributed by atoms with van der Waals surface area (Å²) in [6.07, 6.45) is 0. The van der Waals surface area contributed by atoms with Gasteiger partial charge in [0.25, 0.3) is 0 Å². The van der Waals surface area contributed by atoms with Crippen LogP contribution in [0.3, 0.4) is 0 Å². The number of hydrogen-bond donors (Lipinski definition) is 2. The zero-order valence-corrected chi connectivity index (χ0v) is 10.1. The van der Waals surface area contributed by atoms with Gasteiger partial charge in [-0.2, -0.15) is 0 Å². The normalized spacial score (nSPS) is 10.3. The fraction of sp³-hybridized carbons (Fsp3) is 0.273. The van der Waals surface area contributed by atoms with E-state index in [1.807, 2.05) is 29.8 Å². The number of aromatic nitrogens is 3. The molecule has 0 saturated heterocycles. The van der Waals surface area contributed by atoms with Crippen LogP contribution >= 0.6 is 0 Å². The van der Waals surface area contributed by atoms with E-state index in [4.69, 9.17) is 10.5 Å². The van der Waals surface area contributed by atoms with Crippen LogP contribution in [-0.2, 0) is 7.05 Å². The van der Waals surface area contributed by atoms with Crippen molar-refractivity contribution in [2.45, 2.75) is 0 Å². The quantitative estimate of drug-likeness (QED) is 0.776. The third-order valence-electron chi connectivity index (χ3n) is 2.59. The Bertz CT molecular complexity index is 535. The molecule has 1 aromatic carbocycles. The van der Waals surface area contributed by atoms with Crippen molar-refractivity contribution in [2.75, 3.05) is 25.2 Å². The molecule has 0 aliphatic rings. The highest BCUT2D eigenvalue weighted by atomic mass is 16.5. The average molecular weight is 233 g/mol. The molecule has 6 nitrogen and oxygen atoms in total. The van der Waals surface area contributed by atoms with Crippen LogP contribution in [0.15, 0.2) is 18.2 Å². The highest BCUT2D eigenvalue weighted by molar-refractivity contribution is 5.67. The maximum absolute atomic E-state index is 5.86. The average Bonchev–Trinajstić information content (AvgIpc) is 2.70. The number of nitrogens with one attached hydrogen (secondary N) is 1. The van der Waals surface area contributed by atoms with E-state index in [-0.39, 0.29) is 0 Å². The minimum Gasteiger partial charge on any atom is -0.495 e. The molecule has 2 aromatic rings. The maximum atomic E-state index is 5.86. The molecule has 0 aliphatic heterocycles. The van der Waals surface area contributed by atoms with Crippen molar-refractivity contribution in [1.82, 2.24) is 14.8 Å². The second-order valence-electron chi connectivity index (χ2n) is 3.61. The summed E-state index contributed by atoms with van der Waals surface area (Å²) in [5, 5.41) is 11.1. The molecule has 0 amide bonds. The van der Waals surface area contributed by atoms with Gasteiger partial charge in [-0.05, 0) is 18.2 Å². The summed E-state index contributed by atoms with van der Waals surface area (Å²) in [5.41, 5.74) is 7.35. The lowest BCUT2D eigenvalue weighted by Crippen LogP contribution is -2.00. The van der Waals surface area contributed by atoms with Gasteiger partial charge in [0, 0.05) is 19.7 Å². The van der Waals surface area contributed by atoms with Crippen molar-refractivity contribution < 1.29 is 4.74 Å². The van der Waals surface area contributed by atoms with Crippen LogP contribution in [0.5, 0.6) is 5.75 Å². The minimum absolute atomic E-state index is 0.582. The summed E-state index contributed by atoms with van der Waals surface area (Å²) in [6, 6.07) is 5.54. The predicted molar refractivity (Wildman–Crippen MR) is 67.0 cm³/mol. The standard InChI is InChI=1S/C11H15N5O/c1-13-11-15-14-10(16(11)2)7-4-5-9(17-3)8(12)6-7/h4-6H,12H2,1-3H3,(H,13,15). The van der Waals surface area contributed by atoms with E-state index in [1.165, 1.54) is 0 Å². The van der Waals surface area contributed by atoms with Crippen LogP contribution < -0.4 is 15.8 Å². The fourth-order valence-electron chi connectivity index (χ4n) is 1.67. The Morgan fingerprint density at radius 2 is 2.12 bits per heavy atom. The number of nitrogens with zero attached hydrogens (tertiary/aromatic N) is 3. The molecule has 0 bridgehead atoms. The van der Waals surface area contributed by atoms with Crippen molar-refractivity contribution in [3.8, 4) is 17.1 Å². The van der Waals surface area contributed by atoms with E-state index in [9.17, 15) is 0 Å². The molecule has 0 saturated carbocycles. The molecule has 0 aliphatic carbocycles. The Kier molecular flexibility index (Phi) is 2.86. The van der Waals surface area contributed by atoms with Crippen molar-refractivity contribution in [3.05, 3.63) is 18.2 Å². The van der Waals surface area contributed by atoms with Crippen LogP contribution in [0.25, 0.3) is 11.4 Å². The van der Waals surface area contributed by atoms with Gasteiger partial charge in [0.15, 0.2) is 5.82 Å². The monoisotopic (exact) mass is 233 g/mol. The molecule has 0 unspecified atom stereocenters. The first-order valence-electron chi connectivity index (χ1n) is 5.18. The number of nitrogens with two attached hydrogens (primary N) is 1. The van der Waals surface area contributed by atoms with Crippen molar-refractivity contribution >= 4 is 11.6 Å². The van der Waals surface area contributed by atoms with Gasteiger partial charge in [0.05, 0.1) is 12.8 Å². The highest BCUT2D eigenvalue weighted by Crippen LogP contribution is 2.27. The lowest BCUT2D eigenvalue weighted by Gasteiger charge is -2.07. The predicted octanol–water partition coefficient (Wildman–Crippen LogP) is 1.11. The van der Waals surface area contributed by atoms with Gasteiger partial charge in [0.1, 0.15) is 5.75 Å². The van der Waals surface area contributed by atoms with Crippen molar-refractivity contribution in [2.24, 2.45) is 7.05 Å². The molecule has 0 fully saturated rings. The largest absolute Gasteiger partial charge is 0.495 e. The van der Waals surface area contributed by atoms with E-state index in [2.05, 4.69) is 15.5 Å². The molecule has 1 aromatic heterocycles. The summed E-state index contributed by atoms with van der Waals surface area (Å²) < 4.78 is 6.97. The number of rotatable bonds is 3. The van der Waals surface area contributed by atoms with E-state index in [1.54, 1.807) is 14.2 Å². The summed E-state index contributed by atoms with van der Waals surface area (Å²) in [7, 11) is 5.28. The minimum atomic E-state index is 0.582. The first kappa shape index (κ1) is 11.3. The van der Waals surface area contributed by atoms with E-state index in [0.717, 1.165) is 11.4 Å². The highest BCUT2D eigenvalue weighted by Gasteiger charge is 2.10. The number of methoxy groups -OCH3 is 1. The summed E-state index contributed by atoms with van der Waals surface area (Å²) in [4.78, 5) is 0. The Labute approximate surface area is 99.4 Å². The summed E-state index contributed by atoms with van der Waals surface area (Å²) in [6.45, 7) is 0. The van der Waals surface area contributed by atoms with Crippen molar-refractivity contribution in [3.63, 3.8) is 0 Å². The third-order valence-corrected chi connectivity index (χ3v) is 2.59. The number of benzene rings is 1. The van der Waals surface area contributed by atoms with E-state index < -0.39 is 0 Å². The van der Waals surface area contributed by atoms with Gasteiger partial charge in [-0.25, -0.2) is 0 Å². The van der Waals surface area contributed by atoms with Crippen LogP contribution in [0, 0.1) is 0 Å². The summed E-state index contributed by atoms with van der Waals surface area (Å²) >= 11 is 0. The number of anilines is 2.